The van der Waals surface area contributed by atoms with E-state index in [9.17, 15) is 22.0 Å². The van der Waals surface area contributed by atoms with E-state index in [0.717, 1.165) is 12.1 Å². The molecule has 1 aliphatic rings. The normalized spacial score (nSPS) is 15.2. The van der Waals surface area contributed by atoms with Crippen molar-refractivity contribution in [3.63, 3.8) is 0 Å². The fourth-order valence-electron chi connectivity index (χ4n) is 3.62. The number of benzene rings is 1. The molecule has 1 saturated heterocycles. The number of nitrogens with zero attached hydrogens (tertiary/aromatic N) is 3. The van der Waals surface area contributed by atoms with Crippen LogP contribution in [0, 0.1) is 11.6 Å². The van der Waals surface area contributed by atoms with Gasteiger partial charge < -0.3 is 14.6 Å². The molecule has 0 unspecified atom stereocenters. The predicted octanol–water partition coefficient (Wildman–Crippen LogP) is 2.53. The van der Waals surface area contributed by atoms with Crippen LogP contribution in [0.25, 0.3) is 11.0 Å². The number of sulfonamides is 1. The van der Waals surface area contributed by atoms with Gasteiger partial charge in [-0.15, -0.1) is 0 Å². The second-order valence-corrected chi connectivity index (χ2v) is 9.27. The quantitative estimate of drug-likeness (QED) is 0.542. The Labute approximate surface area is 183 Å². The second-order valence-electron chi connectivity index (χ2n) is 7.36. The Hall–Kier alpha value is -3.05. The summed E-state index contributed by atoms with van der Waals surface area (Å²) in [5.41, 5.74) is 0.502. The highest BCUT2D eigenvalue weighted by Crippen LogP contribution is 2.25. The molecule has 1 amide bonds. The van der Waals surface area contributed by atoms with E-state index in [-0.39, 0.29) is 55.8 Å². The standard InChI is InChI=1S/C21H22F2N4O4S/c22-15-5-6-18(17(23)13-15)31-12-2-4-20(28)26-8-10-27(11-9-26)32(29,30)19-14-25-21-16(19)3-1-7-24-21/h1,3,5-7,13-14H,2,4,8-12H2,(H,24,25). The predicted molar refractivity (Wildman–Crippen MR) is 113 cm³/mol. The number of rotatable bonds is 7. The number of fused-ring (bicyclic) bond motifs is 1. The largest absolute Gasteiger partial charge is 0.491 e. The van der Waals surface area contributed by atoms with Crippen molar-refractivity contribution in [2.75, 3.05) is 32.8 Å². The highest BCUT2D eigenvalue weighted by atomic mass is 32.2. The molecule has 11 heteroatoms. The molecule has 0 bridgehead atoms. The highest BCUT2D eigenvalue weighted by Gasteiger charge is 2.31. The average Bonchev–Trinajstić information content (AvgIpc) is 3.23. The maximum Gasteiger partial charge on any atom is 0.245 e. The van der Waals surface area contributed by atoms with Crippen molar-refractivity contribution in [1.29, 1.82) is 0 Å². The van der Waals surface area contributed by atoms with Gasteiger partial charge in [-0.3, -0.25) is 4.79 Å². The minimum atomic E-state index is -3.71. The molecule has 0 atom stereocenters. The third-order valence-corrected chi connectivity index (χ3v) is 7.25. The number of amides is 1. The van der Waals surface area contributed by atoms with Gasteiger partial charge in [-0.05, 0) is 30.7 Å². The Bertz CT molecular complexity index is 1220. The van der Waals surface area contributed by atoms with Gasteiger partial charge in [0, 0.05) is 56.4 Å². The summed E-state index contributed by atoms with van der Waals surface area (Å²) in [6.07, 6.45) is 3.56. The van der Waals surface area contributed by atoms with Crippen LogP contribution in [0.3, 0.4) is 0 Å². The first-order chi connectivity index (χ1) is 15.4. The van der Waals surface area contributed by atoms with Gasteiger partial charge in [-0.25, -0.2) is 22.2 Å². The average molecular weight is 464 g/mol. The molecule has 32 heavy (non-hydrogen) atoms. The summed E-state index contributed by atoms with van der Waals surface area (Å²) in [4.78, 5) is 21.2. The molecular weight excluding hydrogens is 442 g/mol. The number of hydrogen-bond acceptors (Lipinski definition) is 5. The number of nitrogens with one attached hydrogen (secondary N) is 1. The van der Waals surface area contributed by atoms with E-state index in [0.29, 0.717) is 17.5 Å². The Morgan fingerprint density at radius 3 is 2.69 bits per heavy atom. The maximum atomic E-state index is 13.5. The molecule has 1 aromatic carbocycles. The van der Waals surface area contributed by atoms with Crippen molar-refractivity contribution in [3.8, 4) is 5.75 Å². The fourth-order valence-corrected chi connectivity index (χ4v) is 5.19. The first-order valence-electron chi connectivity index (χ1n) is 10.1. The third-order valence-electron chi connectivity index (χ3n) is 5.31. The first-order valence-corrected chi connectivity index (χ1v) is 11.6. The van der Waals surface area contributed by atoms with Gasteiger partial charge in [-0.1, -0.05) is 0 Å². The highest BCUT2D eigenvalue weighted by molar-refractivity contribution is 7.89. The lowest BCUT2D eigenvalue weighted by atomic mass is 10.2. The van der Waals surface area contributed by atoms with Gasteiger partial charge >= 0.3 is 0 Å². The summed E-state index contributed by atoms with van der Waals surface area (Å²) < 4.78 is 59.2. The molecule has 170 valence electrons. The molecule has 2 aromatic heterocycles. The smallest absolute Gasteiger partial charge is 0.245 e. The number of carbonyl (C=O) groups excluding carboxylic acids is 1. The number of aromatic nitrogens is 2. The number of pyridine rings is 1. The molecule has 1 N–H and O–H groups in total. The summed E-state index contributed by atoms with van der Waals surface area (Å²) in [7, 11) is -3.71. The Morgan fingerprint density at radius 1 is 1.16 bits per heavy atom. The van der Waals surface area contributed by atoms with Crippen molar-refractivity contribution in [2.45, 2.75) is 17.7 Å². The Kier molecular flexibility index (Phi) is 6.38. The summed E-state index contributed by atoms with van der Waals surface area (Å²) >= 11 is 0. The van der Waals surface area contributed by atoms with Crippen LogP contribution in [-0.4, -0.2) is 66.3 Å². The van der Waals surface area contributed by atoms with E-state index in [1.54, 1.807) is 23.2 Å². The van der Waals surface area contributed by atoms with Crippen molar-refractivity contribution >= 4 is 27.0 Å². The molecule has 0 radical (unpaired) electrons. The van der Waals surface area contributed by atoms with Gasteiger partial charge in [0.15, 0.2) is 11.6 Å². The molecule has 1 fully saturated rings. The van der Waals surface area contributed by atoms with Gasteiger partial charge in [0.2, 0.25) is 15.9 Å². The van der Waals surface area contributed by atoms with Gasteiger partial charge in [-0.2, -0.15) is 4.31 Å². The van der Waals surface area contributed by atoms with Crippen molar-refractivity contribution < 1.29 is 26.7 Å². The van der Waals surface area contributed by atoms with Crippen LogP contribution in [0.15, 0.2) is 47.6 Å². The van der Waals surface area contributed by atoms with E-state index in [1.165, 1.54) is 16.6 Å². The monoisotopic (exact) mass is 464 g/mol. The topological polar surface area (TPSA) is 95.6 Å². The number of halogens is 2. The first kappa shape index (κ1) is 22.2. The van der Waals surface area contributed by atoms with Crippen LogP contribution >= 0.6 is 0 Å². The minimum Gasteiger partial charge on any atom is -0.491 e. The molecule has 8 nitrogen and oxygen atoms in total. The van der Waals surface area contributed by atoms with Crippen LogP contribution < -0.4 is 4.74 Å². The molecular formula is C21H22F2N4O4S. The Balaban J connectivity index is 1.27. The SMILES string of the molecule is O=C(CCCOc1ccc(F)cc1F)N1CCN(S(=O)(=O)c2c[nH]c3ncccc23)CC1. The molecule has 3 aromatic rings. The van der Waals surface area contributed by atoms with Crippen LogP contribution in [0.1, 0.15) is 12.8 Å². The van der Waals surface area contributed by atoms with Crippen molar-refractivity contribution in [2.24, 2.45) is 0 Å². The van der Waals surface area contributed by atoms with E-state index in [4.69, 9.17) is 4.74 Å². The van der Waals surface area contributed by atoms with E-state index in [2.05, 4.69) is 9.97 Å². The van der Waals surface area contributed by atoms with E-state index < -0.39 is 21.7 Å². The molecule has 3 heterocycles. The fraction of sp³-hybridized carbons (Fsp3) is 0.333. The molecule has 0 spiro atoms. The maximum absolute atomic E-state index is 13.5. The third kappa shape index (κ3) is 4.58. The zero-order valence-electron chi connectivity index (χ0n) is 17.1. The summed E-state index contributed by atoms with van der Waals surface area (Å²) in [5.74, 6) is -1.67. The van der Waals surface area contributed by atoms with Crippen molar-refractivity contribution in [3.05, 3.63) is 54.4 Å². The number of piperazine rings is 1. The number of ether oxygens (including phenoxy) is 1. The lowest BCUT2D eigenvalue weighted by molar-refractivity contribution is -0.132. The van der Waals surface area contributed by atoms with Crippen LogP contribution in [-0.2, 0) is 14.8 Å². The molecule has 0 aliphatic carbocycles. The number of carbonyl (C=O) groups is 1. The van der Waals surface area contributed by atoms with Crippen LogP contribution in [0.2, 0.25) is 0 Å². The summed E-state index contributed by atoms with van der Waals surface area (Å²) in [6.45, 7) is 1.06. The second kappa shape index (κ2) is 9.21. The van der Waals surface area contributed by atoms with Gasteiger partial charge in [0.25, 0.3) is 0 Å². The van der Waals surface area contributed by atoms with E-state index in [1.807, 2.05) is 0 Å². The van der Waals surface area contributed by atoms with Gasteiger partial charge in [0.1, 0.15) is 16.4 Å². The number of hydrogen-bond donors (Lipinski definition) is 1. The number of H-pyrrole nitrogens is 1. The summed E-state index contributed by atoms with van der Waals surface area (Å²) in [5, 5.41) is 0.531. The number of aromatic amines is 1. The summed E-state index contributed by atoms with van der Waals surface area (Å²) in [6, 6.07) is 6.42. The van der Waals surface area contributed by atoms with E-state index >= 15 is 0 Å². The van der Waals surface area contributed by atoms with Crippen molar-refractivity contribution in [1.82, 2.24) is 19.2 Å². The lowest BCUT2D eigenvalue weighted by Gasteiger charge is -2.34. The lowest BCUT2D eigenvalue weighted by Crippen LogP contribution is -2.50. The van der Waals surface area contributed by atoms with Gasteiger partial charge in [0.05, 0.1) is 6.61 Å². The molecule has 1 aliphatic heterocycles. The Morgan fingerprint density at radius 2 is 1.94 bits per heavy atom. The van der Waals surface area contributed by atoms with Crippen LogP contribution in [0.5, 0.6) is 5.75 Å². The molecule has 0 saturated carbocycles. The van der Waals surface area contributed by atoms with Crippen LogP contribution in [0.4, 0.5) is 8.78 Å². The molecule has 4 rings (SSSR count). The zero-order chi connectivity index (χ0) is 22.7. The minimum absolute atomic E-state index is 0.0647. The zero-order valence-corrected chi connectivity index (χ0v) is 17.9.